The van der Waals surface area contributed by atoms with Crippen molar-refractivity contribution in [1.29, 1.82) is 0 Å². The number of likely N-dealkylation sites (tertiary alicyclic amines) is 1. The molecule has 1 saturated heterocycles. The number of hydrogen-bond donors (Lipinski definition) is 1. The molecule has 1 aromatic carbocycles. The van der Waals surface area contributed by atoms with Crippen LogP contribution < -0.4 is 5.32 Å². The van der Waals surface area contributed by atoms with Crippen molar-refractivity contribution in [2.24, 2.45) is 5.92 Å². The standard InChI is InChI=1S/C19H26N2O.ClH/c1-20-15-8-11-21(12-9-15)18(22)17-13-19(17)10-4-6-14-5-2-3-7-16(14)19;/h2-3,5,7,15,17,20H,4,6,8-13H2,1H3;1H. The molecule has 4 rings (SSSR count). The van der Waals surface area contributed by atoms with Gasteiger partial charge in [-0.3, -0.25) is 4.79 Å². The molecule has 126 valence electrons. The number of hydrogen-bond acceptors (Lipinski definition) is 2. The quantitative estimate of drug-likeness (QED) is 0.902. The van der Waals surface area contributed by atoms with Crippen LogP contribution in [0.4, 0.5) is 0 Å². The predicted molar refractivity (Wildman–Crippen MR) is 95.1 cm³/mol. The summed E-state index contributed by atoms with van der Waals surface area (Å²) in [5.74, 6) is 0.673. The number of benzene rings is 1. The number of nitrogens with zero attached hydrogens (tertiary/aromatic N) is 1. The van der Waals surface area contributed by atoms with Crippen LogP contribution in [-0.4, -0.2) is 37.0 Å². The largest absolute Gasteiger partial charge is 0.342 e. The number of piperidine rings is 1. The second-order valence-electron chi connectivity index (χ2n) is 7.31. The maximum atomic E-state index is 12.9. The predicted octanol–water partition coefficient (Wildman–Crippen LogP) is 2.91. The van der Waals surface area contributed by atoms with E-state index in [0.717, 1.165) is 32.4 Å². The van der Waals surface area contributed by atoms with Gasteiger partial charge in [-0.15, -0.1) is 12.4 Å². The molecule has 1 aliphatic heterocycles. The Labute approximate surface area is 145 Å². The van der Waals surface area contributed by atoms with Crippen LogP contribution in [0.2, 0.25) is 0 Å². The van der Waals surface area contributed by atoms with Crippen LogP contribution >= 0.6 is 12.4 Å². The molecular weight excluding hydrogens is 308 g/mol. The normalized spacial score (nSPS) is 29.8. The summed E-state index contributed by atoms with van der Waals surface area (Å²) in [6, 6.07) is 9.40. The van der Waals surface area contributed by atoms with Gasteiger partial charge in [0.2, 0.25) is 5.91 Å². The Bertz CT molecular complexity index is 582. The molecule has 0 radical (unpaired) electrons. The van der Waals surface area contributed by atoms with Crippen molar-refractivity contribution in [2.75, 3.05) is 20.1 Å². The molecule has 23 heavy (non-hydrogen) atoms. The van der Waals surface area contributed by atoms with E-state index in [-0.39, 0.29) is 23.7 Å². The Morgan fingerprint density at radius 1 is 1.26 bits per heavy atom. The lowest BCUT2D eigenvalue weighted by Gasteiger charge is -2.33. The third-order valence-electron chi connectivity index (χ3n) is 6.21. The number of halogens is 1. The minimum absolute atomic E-state index is 0. The Kier molecular flexibility index (Phi) is 4.70. The first kappa shape index (κ1) is 16.8. The van der Waals surface area contributed by atoms with Crippen LogP contribution in [-0.2, 0) is 16.6 Å². The summed E-state index contributed by atoms with van der Waals surface area (Å²) in [5, 5.41) is 3.34. The highest BCUT2D eigenvalue weighted by molar-refractivity contribution is 5.85. The smallest absolute Gasteiger partial charge is 0.226 e. The lowest BCUT2D eigenvalue weighted by Crippen LogP contribution is -2.45. The van der Waals surface area contributed by atoms with Crippen molar-refractivity contribution in [1.82, 2.24) is 10.2 Å². The number of carbonyl (C=O) groups excluding carboxylic acids is 1. The van der Waals surface area contributed by atoms with E-state index in [9.17, 15) is 4.79 Å². The fourth-order valence-corrected chi connectivity index (χ4v) is 4.76. The topological polar surface area (TPSA) is 32.3 Å². The summed E-state index contributed by atoms with van der Waals surface area (Å²) in [5.41, 5.74) is 3.15. The van der Waals surface area contributed by atoms with Gasteiger partial charge in [0, 0.05) is 30.5 Å². The van der Waals surface area contributed by atoms with Crippen molar-refractivity contribution >= 4 is 18.3 Å². The molecule has 1 spiro atoms. The Morgan fingerprint density at radius 2 is 2.00 bits per heavy atom. The molecule has 3 aliphatic rings. The van der Waals surface area contributed by atoms with E-state index in [0.29, 0.717) is 11.9 Å². The fourth-order valence-electron chi connectivity index (χ4n) is 4.76. The van der Waals surface area contributed by atoms with Crippen LogP contribution in [0.25, 0.3) is 0 Å². The highest BCUT2D eigenvalue weighted by atomic mass is 35.5. The van der Waals surface area contributed by atoms with Gasteiger partial charge in [-0.25, -0.2) is 0 Å². The monoisotopic (exact) mass is 334 g/mol. The number of aryl methyl sites for hydroxylation is 1. The summed E-state index contributed by atoms with van der Waals surface area (Å²) < 4.78 is 0. The molecule has 2 unspecified atom stereocenters. The summed E-state index contributed by atoms with van der Waals surface area (Å²) in [6.07, 6.45) is 6.90. The highest BCUT2D eigenvalue weighted by Crippen LogP contribution is 2.60. The summed E-state index contributed by atoms with van der Waals surface area (Å²) in [4.78, 5) is 15.1. The van der Waals surface area contributed by atoms with Gasteiger partial charge in [0.15, 0.2) is 0 Å². The van der Waals surface area contributed by atoms with Crippen molar-refractivity contribution < 1.29 is 4.79 Å². The molecule has 1 heterocycles. The molecular formula is C19H27ClN2O. The number of amides is 1. The summed E-state index contributed by atoms with van der Waals surface area (Å²) in [6.45, 7) is 1.86. The minimum Gasteiger partial charge on any atom is -0.342 e. The third kappa shape index (κ3) is 2.78. The van der Waals surface area contributed by atoms with Crippen molar-refractivity contribution in [3.63, 3.8) is 0 Å². The fraction of sp³-hybridized carbons (Fsp3) is 0.632. The van der Waals surface area contributed by atoms with Crippen molar-refractivity contribution in [2.45, 2.75) is 50.0 Å². The Hall–Kier alpha value is -1.06. The van der Waals surface area contributed by atoms with Crippen molar-refractivity contribution in [3.05, 3.63) is 35.4 Å². The second kappa shape index (κ2) is 6.45. The van der Waals surface area contributed by atoms with E-state index in [1.807, 2.05) is 7.05 Å². The lowest BCUT2D eigenvalue weighted by molar-refractivity contribution is -0.134. The van der Waals surface area contributed by atoms with Crippen LogP contribution in [0, 0.1) is 5.92 Å². The summed E-state index contributed by atoms with van der Waals surface area (Å²) in [7, 11) is 2.02. The Morgan fingerprint density at radius 3 is 2.74 bits per heavy atom. The molecule has 2 fully saturated rings. The number of rotatable bonds is 2. The van der Waals surface area contributed by atoms with E-state index in [4.69, 9.17) is 0 Å². The Balaban J connectivity index is 0.00000156. The van der Waals surface area contributed by atoms with Crippen LogP contribution in [0.3, 0.4) is 0 Å². The van der Waals surface area contributed by atoms with Gasteiger partial charge in [0.25, 0.3) is 0 Å². The van der Waals surface area contributed by atoms with Crippen LogP contribution in [0.5, 0.6) is 0 Å². The van der Waals surface area contributed by atoms with Gasteiger partial charge in [-0.1, -0.05) is 24.3 Å². The molecule has 4 heteroatoms. The number of carbonyl (C=O) groups is 1. The first-order valence-electron chi connectivity index (χ1n) is 8.79. The van der Waals surface area contributed by atoms with Gasteiger partial charge in [0.05, 0.1) is 0 Å². The molecule has 0 bridgehead atoms. The highest BCUT2D eigenvalue weighted by Gasteiger charge is 2.60. The third-order valence-corrected chi connectivity index (χ3v) is 6.21. The van der Waals surface area contributed by atoms with E-state index in [1.54, 1.807) is 0 Å². The van der Waals surface area contributed by atoms with E-state index >= 15 is 0 Å². The summed E-state index contributed by atoms with van der Waals surface area (Å²) >= 11 is 0. The van der Waals surface area contributed by atoms with E-state index in [2.05, 4.69) is 34.5 Å². The average Bonchev–Trinajstić information content (AvgIpc) is 3.29. The maximum absolute atomic E-state index is 12.9. The van der Waals surface area contributed by atoms with Gasteiger partial charge < -0.3 is 10.2 Å². The van der Waals surface area contributed by atoms with E-state index < -0.39 is 0 Å². The zero-order chi connectivity index (χ0) is 15.2. The van der Waals surface area contributed by atoms with E-state index in [1.165, 1.54) is 30.4 Å². The van der Waals surface area contributed by atoms with Crippen LogP contribution in [0.15, 0.2) is 24.3 Å². The van der Waals surface area contributed by atoms with Gasteiger partial charge in [-0.2, -0.15) is 0 Å². The molecule has 0 aromatic heterocycles. The molecule has 2 aliphatic carbocycles. The van der Waals surface area contributed by atoms with Gasteiger partial charge in [0.1, 0.15) is 0 Å². The average molecular weight is 335 g/mol. The zero-order valence-corrected chi connectivity index (χ0v) is 14.7. The zero-order valence-electron chi connectivity index (χ0n) is 13.9. The molecule has 3 nitrogen and oxygen atoms in total. The number of nitrogens with one attached hydrogen (secondary N) is 1. The first-order chi connectivity index (χ1) is 10.7. The molecule has 1 saturated carbocycles. The molecule has 1 aromatic rings. The molecule has 2 atom stereocenters. The second-order valence-corrected chi connectivity index (χ2v) is 7.31. The lowest BCUT2D eigenvalue weighted by atomic mass is 9.78. The molecule has 1 amide bonds. The first-order valence-corrected chi connectivity index (χ1v) is 8.79. The van der Waals surface area contributed by atoms with Crippen LogP contribution in [0.1, 0.15) is 43.2 Å². The van der Waals surface area contributed by atoms with Gasteiger partial charge >= 0.3 is 0 Å². The molecule has 1 N–H and O–H groups in total. The van der Waals surface area contributed by atoms with Gasteiger partial charge in [-0.05, 0) is 56.7 Å². The number of fused-ring (bicyclic) bond motifs is 2. The SMILES string of the molecule is CNC1CCN(C(=O)C2CC23CCCc2ccccc23)CC1.Cl. The minimum atomic E-state index is 0. The van der Waals surface area contributed by atoms with Crippen molar-refractivity contribution in [3.8, 4) is 0 Å². The maximum Gasteiger partial charge on any atom is 0.226 e.